The molecule has 0 saturated heterocycles. The number of carbonyl (C=O) groups is 1. The number of urea groups is 1. The molecule has 1 aromatic heterocycles. The number of rotatable bonds is 5. The predicted molar refractivity (Wildman–Crippen MR) is 91.0 cm³/mol. The highest BCUT2D eigenvalue weighted by Crippen LogP contribution is 2.14. The Morgan fingerprint density at radius 1 is 1.20 bits per heavy atom. The Morgan fingerprint density at radius 3 is 2.80 bits per heavy atom. The minimum Gasteiger partial charge on any atom is -0.338 e. The number of nitrogens with zero attached hydrogens (tertiary/aromatic N) is 4. The summed E-state index contributed by atoms with van der Waals surface area (Å²) in [6.45, 7) is 2.19. The maximum absolute atomic E-state index is 13.1. The molecule has 0 saturated carbocycles. The molecule has 2 N–H and O–H groups in total. The lowest BCUT2D eigenvalue weighted by Gasteiger charge is -2.09. The molecule has 0 atom stereocenters. The molecule has 1 heterocycles. The molecule has 0 spiro atoms. The average molecular weight is 340 g/mol. The first kappa shape index (κ1) is 16.6. The van der Waals surface area contributed by atoms with Crippen molar-refractivity contribution in [3.8, 4) is 5.69 Å². The number of tetrazole rings is 1. The van der Waals surface area contributed by atoms with E-state index in [0.717, 1.165) is 11.3 Å². The van der Waals surface area contributed by atoms with Gasteiger partial charge in [-0.15, -0.1) is 5.10 Å². The number of aryl methyl sites for hydroxylation is 1. The quantitative estimate of drug-likeness (QED) is 0.747. The summed E-state index contributed by atoms with van der Waals surface area (Å²) in [6.07, 6.45) is 0.551. The van der Waals surface area contributed by atoms with E-state index in [1.165, 1.54) is 12.1 Å². The van der Waals surface area contributed by atoms with Crippen LogP contribution in [0.3, 0.4) is 0 Å². The Kier molecular flexibility index (Phi) is 4.98. The van der Waals surface area contributed by atoms with E-state index < -0.39 is 0 Å². The van der Waals surface area contributed by atoms with Crippen molar-refractivity contribution in [2.24, 2.45) is 0 Å². The van der Waals surface area contributed by atoms with E-state index in [4.69, 9.17) is 0 Å². The lowest BCUT2D eigenvalue weighted by molar-refractivity contribution is 0.252. The van der Waals surface area contributed by atoms with Crippen LogP contribution in [0.1, 0.15) is 11.4 Å². The van der Waals surface area contributed by atoms with Crippen molar-refractivity contribution in [1.82, 2.24) is 25.5 Å². The van der Waals surface area contributed by atoms with E-state index in [1.807, 2.05) is 12.1 Å². The highest BCUT2D eigenvalue weighted by atomic mass is 19.1. The van der Waals surface area contributed by atoms with Crippen molar-refractivity contribution < 1.29 is 9.18 Å². The van der Waals surface area contributed by atoms with E-state index in [0.29, 0.717) is 24.5 Å². The normalized spacial score (nSPS) is 10.5. The summed E-state index contributed by atoms with van der Waals surface area (Å²) in [5.41, 5.74) is 2.20. The third kappa shape index (κ3) is 4.37. The van der Waals surface area contributed by atoms with Crippen molar-refractivity contribution in [2.45, 2.75) is 13.3 Å². The van der Waals surface area contributed by atoms with Crippen LogP contribution in [-0.2, 0) is 6.42 Å². The van der Waals surface area contributed by atoms with E-state index in [1.54, 1.807) is 35.9 Å². The summed E-state index contributed by atoms with van der Waals surface area (Å²) in [5, 5.41) is 16.8. The third-order valence-electron chi connectivity index (χ3n) is 3.56. The number of carbonyl (C=O) groups excluding carboxylic acids is 1. The van der Waals surface area contributed by atoms with E-state index in [2.05, 4.69) is 26.2 Å². The zero-order valence-corrected chi connectivity index (χ0v) is 13.6. The van der Waals surface area contributed by atoms with E-state index >= 15 is 0 Å². The Labute approximate surface area is 143 Å². The van der Waals surface area contributed by atoms with E-state index in [-0.39, 0.29) is 11.8 Å². The fourth-order valence-corrected chi connectivity index (χ4v) is 2.37. The number of aromatic nitrogens is 4. The number of hydrogen-bond acceptors (Lipinski definition) is 4. The lowest BCUT2D eigenvalue weighted by Crippen LogP contribution is -2.30. The summed E-state index contributed by atoms with van der Waals surface area (Å²) < 4.78 is 14.7. The molecule has 0 aliphatic rings. The van der Waals surface area contributed by atoms with Gasteiger partial charge in [0.25, 0.3) is 0 Å². The van der Waals surface area contributed by atoms with Crippen LogP contribution >= 0.6 is 0 Å². The molecule has 2 amide bonds. The highest BCUT2D eigenvalue weighted by molar-refractivity contribution is 5.89. The third-order valence-corrected chi connectivity index (χ3v) is 3.56. The van der Waals surface area contributed by atoms with Gasteiger partial charge in [0.1, 0.15) is 5.82 Å². The number of anilines is 1. The van der Waals surface area contributed by atoms with Crippen molar-refractivity contribution in [3.05, 3.63) is 65.7 Å². The summed E-state index contributed by atoms with van der Waals surface area (Å²) >= 11 is 0. The van der Waals surface area contributed by atoms with Crippen molar-refractivity contribution in [1.29, 1.82) is 0 Å². The zero-order chi connectivity index (χ0) is 17.6. The van der Waals surface area contributed by atoms with Crippen LogP contribution in [0.5, 0.6) is 0 Å². The number of hydrogen-bond donors (Lipinski definition) is 2. The Hall–Kier alpha value is -3.29. The number of nitrogens with one attached hydrogen (secondary N) is 2. The maximum atomic E-state index is 13.1. The van der Waals surface area contributed by atoms with Crippen LogP contribution < -0.4 is 10.6 Å². The summed E-state index contributed by atoms with van der Waals surface area (Å²) in [4.78, 5) is 12.0. The summed E-state index contributed by atoms with van der Waals surface area (Å²) in [5.74, 6) is 0.369. The first-order chi connectivity index (χ1) is 12.1. The Bertz CT molecular complexity index is 879. The van der Waals surface area contributed by atoms with Crippen molar-refractivity contribution in [2.75, 3.05) is 11.9 Å². The van der Waals surface area contributed by atoms with Crippen molar-refractivity contribution >= 4 is 11.7 Å². The first-order valence-electron chi connectivity index (χ1n) is 7.76. The first-order valence-corrected chi connectivity index (χ1v) is 7.76. The fourth-order valence-electron chi connectivity index (χ4n) is 2.37. The second-order valence-corrected chi connectivity index (χ2v) is 5.45. The molecule has 0 aliphatic carbocycles. The van der Waals surface area contributed by atoms with Gasteiger partial charge in [-0.3, -0.25) is 0 Å². The minimum atomic E-state index is -0.331. The van der Waals surface area contributed by atoms with Gasteiger partial charge in [0.05, 0.1) is 5.69 Å². The number of benzene rings is 2. The second kappa shape index (κ2) is 7.52. The van der Waals surface area contributed by atoms with Gasteiger partial charge in [-0.05, 0) is 59.7 Å². The molecule has 8 heteroatoms. The molecular formula is C17H17FN6O. The van der Waals surface area contributed by atoms with Crippen LogP contribution in [0.15, 0.2) is 48.5 Å². The highest BCUT2D eigenvalue weighted by Gasteiger charge is 2.06. The summed E-state index contributed by atoms with van der Waals surface area (Å²) in [6, 6.07) is 13.2. The molecule has 2 aromatic carbocycles. The minimum absolute atomic E-state index is 0.281. The zero-order valence-electron chi connectivity index (χ0n) is 13.6. The van der Waals surface area contributed by atoms with Crippen LogP contribution in [0.25, 0.3) is 5.69 Å². The topological polar surface area (TPSA) is 84.7 Å². The number of amides is 2. The second-order valence-electron chi connectivity index (χ2n) is 5.45. The number of halogens is 1. The van der Waals surface area contributed by atoms with E-state index in [9.17, 15) is 9.18 Å². The van der Waals surface area contributed by atoms with Gasteiger partial charge in [-0.2, -0.15) is 4.68 Å². The monoisotopic (exact) mass is 340 g/mol. The van der Waals surface area contributed by atoms with Gasteiger partial charge in [0.15, 0.2) is 5.82 Å². The average Bonchev–Trinajstić information content (AvgIpc) is 3.01. The molecule has 3 aromatic rings. The predicted octanol–water partition coefficient (Wildman–Crippen LogP) is 2.47. The largest absolute Gasteiger partial charge is 0.338 e. The fraction of sp³-hybridized carbons (Fsp3) is 0.176. The van der Waals surface area contributed by atoms with Gasteiger partial charge >= 0.3 is 6.03 Å². The molecule has 7 nitrogen and oxygen atoms in total. The SMILES string of the molecule is Cc1nnnn1-c1cccc(NC(=O)NCCc2cccc(F)c2)c1. The van der Waals surface area contributed by atoms with Crippen molar-refractivity contribution in [3.63, 3.8) is 0 Å². The molecule has 3 rings (SSSR count). The van der Waals surface area contributed by atoms with Gasteiger partial charge < -0.3 is 10.6 Å². The molecule has 0 fully saturated rings. The lowest BCUT2D eigenvalue weighted by atomic mass is 10.1. The van der Waals surface area contributed by atoms with Crippen LogP contribution in [-0.4, -0.2) is 32.8 Å². The Morgan fingerprint density at radius 2 is 2.04 bits per heavy atom. The van der Waals surface area contributed by atoms with Gasteiger partial charge in [-0.1, -0.05) is 18.2 Å². The molecular weight excluding hydrogens is 323 g/mol. The van der Waals surface area contributed by atoms with Crippen LogP contribution in [0, 0.1) is 12.7 Å². The molecule has 0 aliphatic heterocycles. The van der Waals surface area contributed by atoms with Gasteiger partial charge in [0, 0.05) is 12.2 Å². The summed E-state index contributed by atoms with van der Waals surface area (Å²) in [7, 11) is 0. The smallest absolute Gasteiger partial charge is 0.319 e. The molecule has 0 radical (unpaired) electrons. The standard InChI is InChI=1S/C17H17FN6O/c1-12-21-22-23-24(12)16-7-3-6-15(11-16)20-17(25)19-9-8-13-4-2-5-14(18)10-13/h2-7,10-11H,8-9H2,1H3,(H2,19,20,25). The molecule has 0 bridgehead atoms. The Balaban J connectivity index is 1.55. The van der Waals surface area contributed by atoms with Crippen LogP contribution in [0.2, 0.25) is 0 Å². The van der Waals surface area contributed by atoms with Gasteiger partial charge in [-0.25, -0.2) is 9.18 Å². The molecule has 25 heavy (non-hydrogen) atoms. The van der Waals surface area contributed by atoms with Gasteiger partial charge in [0.2, 0.25) is 0 Å². The molecule has 128 valence electrons. The maximum Gasteiger partial charge on any atom is 0.319 e. The van der Waals surface area contributed by atoms with Crippen LogP contribution in [0.4, 0.5) is 14.9 Å². The molecule has 0 unspecified atom stereocenters.